The van der Waals surface area contributed by atoms with Crippen LogP contribution in [0.25, 0.3) is 0 Å². The number of pyridine rings is 1. The maximum Gasteiger partial charge on any atom is 0.416 e. The van der Waals surface area contributed by atoms with Gasteiger partial charge in [-0.25, -0.2) is 0 Å². The Balaban J connectivity index is 2.39. The third-order valence-corrected chi connectivity index (χ3v) is 2.91. The molecule has 0 atom stereocenters. The topological polar surface area (TPSA) is 42.2 Å². The Morgan fingerprint density at radius 1 is 1.20 bits per heavy atom. The second-order valence-electron chi connectivity index (χ2n) is 4.48. The molecule has 1 aromatic carbocycles. The molecule has 0 radical (unpaired) electrons. The van der Waals surface area contributed by atoms with E-state index in [1.807, 2.05) is 0 Å². The van der Waals surface area contributed by atoms with Crippen LogP contribution in [0.5, 0.6) is 5.75 Å². The van der Waals surface area contributed by atoms with Crippen LogP contribution in [0.4, 0.5) is 13.2 Å². The Hall–Kier alpha value is -2.24. The van der Waals surface area contributed by atoms with Crippen molar-refractivity contribution in [2.75, 3.05) is 0 Å². The second-order valence-corrected chi connectivity index (χ2v) is 4.48. The second kappa shape index (κ2) is 5.03. The maximum absolute atomic E-state index is 12.6. The normalized spacial score (nSPS) is 11.6. The molecule has 3 nitrogen and oxygen atoms in total. The van der Waals surface area contributed by atoms with E-state index in [4.69, 9.17) is 0 Å². The van der Waals surface area contributed by atoms with Crippen LogP contribution >= 0.6 is 0 Å². The van der Waals surface area contributed by atoms with Crippen LogP contribution in [0.2, 0.25) is 0 Å². The molecular formula is C14H12F3NO2. The zero-order chi connectivity index (χ0) is 14.9. The van der Waals surface area contributed by atoms with E-state index in [0.717, 1.165) is 18.2 Å². The van der Waals surface area contributed by atoms with Crippen molar-refractivity contribution in [1.29, 1.82) is 0 Å². The summed E-state index contributed by atoms with van der Waals surface area (Å²) in [6.45, 7) is 1.63. The molecule has 0 spiro atoms. The summed E-state index contributed by atoms with van der Waals surface area (Å²) >= 11 is 0. The lowest BCUT2D eigenvalue weighted by molar-refractivity contribution is -0.137. The van der Waals surface area contributed by atoms with Crippen molar-refractivity contribution in [3.63, 3.8) is 0 Å². The zero-order valence-corrected chi connectivity index (χ0v) is 10.6. The molecule has 1 heterocycles. The molecular weight excluding hydrogens is 271 g/mol. The van der Waals surface area contributed by atoms with Crippen molar-refractivity contribution in [3.8, 4) is 5.75 Å². The SMILES string of the molecule is Cc1cc(O)cc(=O)n1Cc1cccc(C(F)(F)F)c1. The molecule has 2 rings (SSSR count). The molecule has 2 aromatic rings. The van der Waals surface area contributed by atoms with E-state index >= 15 is 0 Å². The number of benzene rings is 1. The third-order valence-electron chi connectivity index (χ3n) is 2.91. The molecule has 0 aliphatic rings. The summed E-state index contributed by atoms with van der Waals surface area (Å²) in [5.41, 5.74) is -0.359. The Morgan fingerprint density at radius 2 is 1.90 bits per heavy atom. The van der Waals surface area contributed by atoms with Crippen LogP contribution in [0, 0.1) is 6.92 Å². The van der Waals surface area contributed by atoms with Gasteiger partial charge in [-0.1, -0.05) is 12.1 Å². The molecule has 0 saturated carbocycles. The predicted molar refractivity (Wildman–Crippen MR) is 67.6 cm³/mol. The first-order valence-electron chi connectivity index (χ1n) is 5.84. The monoisotopic (exact) mass is 283 g/mol. The number of halogens is 3. The van der Waals surface area contributed by atoms with E-state index in [1.165, 1.54) is 22.8 Å². The first-order valence-corrected chi connectivity index (χ1v) is 5.84. The van der Waals surface area contributed by atoms with Crippen LogP contribution in [-0.2, 0) is 12.7 Å². The number of alkyl halides is 3. The minimum Gasteiger partial charge on any atom is -0.508 e. The summed E-state index contributed by atoms with van der Waals surface area (Å²) in [6.07, 6.45) is -4.41. The molecule has 1 N–H and O–H groups in total. The third kappa shape index (κ3) is 3.01. The summed E-state index contributed by atoms with van der Waals surface area (Å²) in [5, 5.41) is 9.27. The highest BCUT2D eigenvalue weighted by molar-refractivity contribution is 5.27. The summed E-state index contributed by atoms with van der Waals surface area (Å²) in [4.78, 5) is 11.7. The van der Waals surface area contributed by atoms with Crippen LogP contribution in [0.1, 0.15) is 16.8 Å². The molecule has 0 aliphatic heterocycles. The van der Waals surface area contributed by atoms with Gasteiger partial charge in [-0.2, -0.15) is 13.2 Å². The van der Waals surface area contributed by atoms with Gasteiger partial charge in [-0.3, -0.25) is 4.79 Å². The van der Waals surface area contributed by atoms with Crippen molar-refractivity contribution in [2.24, 2.45) is 0 Å². The van der Waals surface area contributed by atoms with E-state index in [0.29, 0.717) is 11.3 Å². The molecule has 20 heavy (non-hydrogen) atoms. The first-order chi connectivity index (χ1) is 9.27. The molecule has 0 amide bonds. The minimum absolute atomic E-state index is 0.0227. The molecule has 0 saturated heterocycles. The Bertz CT molecular complexity index is 690. The van der Waals surface area contributed by atoms with Crippen molar-refractivity contribution in [3.05, 3.63) is 63.6 Å². The number of hydrogen-bond donors (Lipinski definition) is 1. The van der Waals surface area contributed by atoms with Gasteiger partial charge in [-0.05, 0) is 30.7 Å². The number of nitrogens with zero attached hydrogens (tertiary/aromatic N) is 1. The highest BCUT2D eigenvalue weighted by atomic mass is 19.4. The summed E-state index contributed by atoms with van der Waals surface area (Å²) in [7, 11) is 0. The largest absolute Gasteiger partial charge is 0.508 e. The summed E-state index contributed by atoms with van der Waals surface area (Å²) < 4.78 is 39.2. The van der Waals surface area contributed by atoms with Crippen LogP contribution in [0.15, 0.2) is 41.2 Å². The van der Waals surface area contributed by atoms with Gasteiger partial charge in [0.05, 0.1) is 12.1 Å². The predicted octanol–water partition coefficient (Wildman–Crippen LogP) is 2.93. The molecule has 0 unspecified atom stereocenters. The summed E-state index contributed by atoms with van der Waals surface area (Å²) in [6, 6.07) is 7.23. The van der Waals surface area contributed by atoms with Gasteiger partial charge in [0.25, 0.3) is 5.56 Å². The van der Waals surface area contributed by atoms with Crippen LogP contribution < -0.4 is 5.56 Å². The maximum atomic E-state index is 12.6. The van der Waals surface area contributed by atoms with Crippen molar-refractivity contribution in [2.45, 2.75) is 19.6 Å². The van der Waals surface area contributed by atoms with E-state index in [9.17, 15) is 23.1 Å². The van der Waals surface area contributed by atoms with E-state index < -0.39 is 17.3 Å². The molecule has 0 bridgehead atoms. The van der Waals surface area contributed by atoms with Crippen LogP contribution in [0.3, 0.4) is 0 Å². The lowest BCUT2D eigenvalue weighted by Crippen LogP contribution is -2.21. The fraction of sp³-hybridized carbons (Fsp3) is 0.214. The quantitative estimate of drug-likeness (QED) is 0.920. The summed E-state index contributed by atoms with van der Waals surface area (Å²) in [5.74, 6) is -0.159. The highest BCUT2D eigenvalue weighted by Gasteiger charge is 2.30. The number of aromatic nitrogens is 1. The van der Waals surface area contributed by atoms with Gasteiger partial charge in [0, 0.05) is 11.8 Å². The molecule has 106 valence electrons. The van der Waals surface area contributed by atoms with Gasteiger partial charge < -0.3 is 9.67 Å². The van der Waals surface area contributed by atoms with Gasteiger partial charge >= 0.3 is 6.18 Å². The van der Waals surface area contributed by atoms with Crippen molar-refractivity contribution < 1.29 is 18.3 Å². The number of rotatable bonds is 2. The van der Waals surface area contributed by atoms with Gasteiger partial charge in [-0.15, -0.1) is 0 Å². The first kappa shape index (κ1) is 14.2. The van der Waals surface area contributed by atoms with E-state index in [2.05, 4.69) is 0 Å². The molecule has 6 heteroatoms. The molecule has 0 aliphatic carbocycles. The number of aromatic hydroxyl groups is 1. The highest BCUT2D eigenvalue weighted by Crippen LogP contribution is 2.29. The molecule has 1 aromatic heterocycles. The fourth-order valence-corrected chi connectivity index (χ4v) is 1.94. The number of hydrogen-bond acceptors (Lipinski definition) is 2. The minimum atomic E-state index is -4.41. The standard InChI is InChI=1S/C14H12F3NO2/c1-9-5-12(19)7-13(20)18(9)8-10-3-2-4-11(6-10)14(15,16)17/h2-7,19H,8H2,1H3. The van der Waals surface area contributed by atoms with E-state index in [-0.39, 0.29) is 12.3 Å². The van der Waals surface area contributed by atoms with Gasteiger partial charge in [0.15, 0.2) is 0 Å². The van der Waals surface area contributed by atoms with Crippen molar-refractivity contribution in [1.82, 2.24) is 4.57 Å². The van der Waals surface area contributed by atoms with Gasteiger partial charge in [0.2, 0.25) is 0 Å². The lowest BCUT2D eigenvalue weighted by Gasteiger charge is -2.12. The number of aryl methyl sites for hydroxylation is 1. The molecule has 0 fully saturated rings. The average Bonchev–Trinajstić information content (AvgIpc) is 2.33. The van der Waals surface area contributed by atoms with Crippen molar-refractivity contribution >= 4 is 0 Å². The zero-order valence-electron chi connectivity index (χ0n) is 10.6. The smallest absolute Gasteiger partial charge is 0.416 e. The van der Waals surface area contributed by atoms with E-state index in [1.54, 1.807) is 6.92 Å². The fourth-order valence-electron chi connectivity index (χ4n) is 1.94. The van der Waals surface area contributed by atoms with Crippen LogP contribution in [-0.4, -0.2) is 9.67 Å². The van der Waals surface area contributed by atoms with Gasteiger partial charge in [0.1, 0.15) is 5.75 Å². The Morgan fingerprint density at radius 3 is 2.50 bits per heavy atom. The Kier molecular flexibility index (Phi) is 3.57. The lowest BCUT2D eigenvalue weighted by atomic mass is 10.1. The average molecular weight is 283 g/mol. The Labute approximate surface area is 112 Å².